The smallest absolute Gasteiger partial charge is 0.406 e. The van der Waals surface area contributed by atoms with Crippen LogP contribution in [0.1, 0.15) is 12.6 Å². The number of nitrogens with zero attached hydrogens (tertiary/aromatic N) is 3. The van der Waals surface area contributed by atoms with E-state index in [4.69, 9.17) is 9.47 Å². The molecule has 0 radical (unpaired) electrons. The Labute approximate surface area is 155 Å². The van der Waals surface area contributed by atoms with Crippen LogP contribution in [0.2, 0.25) is 0 Å². The van der Waals surface area contributed by atoms with Gasteiger partial charge in [-0.2, -0.15) is 4.68 Å². The van der Waals surface area contributed by atoms with Gasteiger partial charge in [0.25, 0.3) is 0 Å². The summed E-state index contributed by atoms with van der Waals surface area (Å²) < 4.78 is 13.1. The molecule has 0 aliphatic rings. The van der Waals surface area contributed by atoms with E-state index in [1.54, 1.807) is 55.6 Å². The Kier molecular flexibility index (Phi) is 5.25. The van der Waals surface area contributed by atoms with Crippen LogP contribution in [-0.2, 0) is 6.54 Å². The first-order valence-corrected chi connectivity index (χ1v) is 8.36. The Hall–Kier alpha value is -3.55. The molecule has 0 aliphatic heterocycles. The summed E-state index contributed by atoms with van der Waals surface area (Å²) >= 11 is 0. The quantitative estimate of drug-likeness (QED) is 0.398. The maximum absolute atomic E-state index is 12.9. The van der Waals surface area contributed by atoms with E-state index in [-0.39, 0.29) is 5.69 Å². The third kappa shape index (κ3) is 3.69. The largest absolute Gasteiger partial charge is 0.855 e. The second-order valence-electron chi connectivity index (χ2n) is 5.65. The minimum atomic E-state index is -0.631. The van der Waals surface area contributed by atoms with Crippen molar-refractivity contribution in [1.82, 2.24) is 9.90 Å². The van der Waals surface area contributed by atoms with Crippen LogP contribution < -0.4 is 24.8 Å². The highest BCUT2D eigenvalue weighted by molar-refractivity contribution is 5.88. The predicted molar refractivity (Wildman–Crippen MR) is 98.0 cm³/mol. The van der Waals surface area contributed by atoms with Gasteiger partial charge in [0.1, 0.15) is 18.0 Å². The van der Waals surface area contributed by atoms with Gasteiger partial charge in [-0.25, -0.2) is 4.79 Å². The van der Waals surface area contributed by atoms with E-state index in [0.717, 1.165) is 0 Å². The number of nitrogens with one attached hydrogen (secondary N) is 1. The zero-order chi connectivity index (χ0) is 19.4. The van der Waals surface area contributed by atoms with Crippen LogP contribution >= 0.6 is 0 Å². The molecule has 8 heteroatoms. The number of ether oxygens (including phenoxy) is 2. The Morgan fingerprint density at radius 3 is 2.48 bits per heavy atom. The van der Waals surface area contributed by atoms with E-state index in [0.29, 0.717) is 29.4 Å². The van der Waals surface area contributed by atoms with E-state index in [1.165, 1.54) is 16.5 Å². The lowest BCUT2D eigenvalue weighted by Crippen LogP contribution is -2.45. The van der Waals surface area contributed by atoms with Gasteiger partial charge in [-0.3, -0.25) is 4.99 Å². The molecule has 0 aliphatic carbocycles. The third-order valence-electron chi connectivity index (χ3n) is 4.01. The molecule has 1 N–H and O–H groups in total. The lowest BCUT2D eigenvalue weighted by molar-refractivity contribution is -0.754. The molecule has 3 aromatic rings. The Morgan fingerprint density at radius 1 is 1.15 bits per heavy atom. The van der Waals surface area contributed by atoms with Gasteiger partial charge in [0.2, 0.25) is 5.69 Å². The first-order chi connectivity index (χ1) is 13.1. The van der Waals surface area contributed by atoms with Crippen LogP contribution in [0.15, 0.2) is 58.3 Å². The molecule has 3 rings (SSSR count). The van der Waals surface area contributed by atoms with E-state index in [1.807, 2.05) is 6.92 Å². The average Bonchev–Trinajstić information content (AvgIpc) is 3.04. The fourth-order valence-electron chi connectivity index (χ4n) is 2.65. The molecule has 140 valence electrons. The number of rotatable bonds is 6. The summed E-state index contributed by atoms with van der Waals surface area (Å²) in [5, 5.41) is 15.6. The molecule has 0 saturated heterocycles. The molecule has 0 amide bonds. The highest BCUT2D eigenvalue weighted by Crippen LogP contribution is 2.19. The number of methoxy groups -OCH3 is 2. The second-order valence-corrected chi connectivity index (χ2v) is 5.65. The lowest BCUT2D eigenvalue weighted by atomic mass is 10.3. The molecule has 1 aromatic heterocycles. The van der Waals surface area contributed by atoms with Crippen molar-refractivity contribution in [3.63, 3.8) is 0 Å². The van der Waals surface area contributed by atoms with Crippen LogP contribution in [0.4, 0.5) is 5.69 Å². The van der Waals surface area contributed by atoms with Gasteiger partial charge in [0.15, 0.2) is 5.69 Å². The normalized spacial score (nSPS) is 11.4. The van der Waals surface area contributed by atoms with Crippen LogP contribution in [-0.4, -0.2) is 30.0 Å². The first-order valence-electron chi connectivity index (χ1n) is 8.36. The van der Waals surface area contributed by atoms with Crippen molar-refractivity contribution in [3.05, 3.63) is 64.6 Å². The third-order valence-corrected chi connectivity index (χ3v) is 4.01. The number of hydrogen-bond acceptors (Lipinski definition) is 5. The SMILES string of the molecule is CC[n+]1[nH]n(-c2cccc(OC)c2)c(=O)c1C([O-])=Nc1cccc(OC)c1. The maximum Gasteiger partial charge on any atom is 0.406 e. The standard InChI is InChI=1S/C19H20N4O4/c1-4-22-17(18(24)20-13-7-5-9-15(11-13)26-2)19(25)23(21-22)14-8-6-10-16(12-14)27-3/h5-12H,4H2,1-3H3,(H-,20,21,24,25). The van der Waals surface area contributed by atoms with Crippen LogP contribution in [0, 0.1) is 0 Å². The molecule has 8 nitrogen and oxygen atoms in total. The number of aryl methyl sites for hydroxylation is 1. The minimum Gasteiger partial charge on any atom is -0.855 e. The van der Waals surface area contributed by atoms with E-state index < -0.39 is 11.5 Å². The summed E-state index contributed by atoms with van der Waals surface area (Å²) in [4.78, 5) is 16.9. The van der Waals surface area contributed by atoms with Crippen molar-refractivity contribution in [1.29, 1.82) is 0 Å². The van der Waals surface area contributed by atoms with Crippen molar-refractivity contribution in [2.24, 2.45) is 4.99 Å². The molecular formula is C19H20N4O4. The molecule has 27 heavy (non-hydrogen) atoms. The fourth-order valence-corrected chi connectivity index (χ4v) is 2.65. The number of aliphatic imine (C=N–C) groups is 1. The molecular weight excluding hydrogens is 348 g/mol. The molecule has 1 heterocycles. The molecule has 2 aromatic carbocycles. The van der Waals surface area contributed by atoms with Gasteiger partial charge in [0, 0.05) is 18.0 Å². The molecule has 0 fully saturated rings. The maximum atomic E-state index is 12.9. The minimum absolute atomic E-state index is 0.0526. The topological polar surface area (TPSA) is 95.5 Å². The molecule has 0 saturated carbocycles. The summed E-state index contributed by atoms with van der Waals surface area (Å²) in [5.74, 6) is 0.550. The number of hydrogen-bond donors (Lipinski definition) is 1. The number of H-pyrrole nitrogens is 1. The average molecular weight is 368 g/mol. The monoisotopic (exact) mass is 368 g/mol. The van der Waals surface area contributed by atoms with Gasteiger partial charge in [0.05, 0.1) is 19.9 Å². The zero-order valence-electron chi connectivity index (χ0n) is 15.3. The first kappa shape index (κ1) is 18.2. The molecule has 0 bridgehead atoms. The van der Waals surface area contributed by atoms with Gasteiger partial charge >= 0.3 is 5.56 Å². The van der Waals surface area contributed by atoms with Crippen molar-refractivity contribution in [2.45, 2.75) is 13.5 Å². The van der Waals surface area contributed by atoms with Crippen LogP contribution in [0.3, 0.4) is 0 Å². The Bertz CT molecular complexity index is 1040. The van der Waals surface area contributed by atoms with Crippen molar-refractivity contribution < 1.29 is 19.3 Å². The van der Waals surface area contributed by atoms with Crippen molar-refractivity contribution >= 4 is 11.6 Å². The zero-order valence-corrected chi connectivity index (χ0v) is 15.3. The van der Waals surface area contributed by atoms with Crippen LogP contribution in [0.25, 0.3) is 5.69 Å². The summed E-state index contributed by atoms with van der Waals surface area (Å²) in [7, 11) is 3.08. The predicted octanol–water partition coefficient (Wildman–Crippen LogP) is 0.929. The van der Waals surface area contributed by atoms with E-state index in [2.05, 4.69) is 10.2 Å². The van der Waals surface area contributed by atoms with Gasteiger partial charge in [-0.05, 0) is 31.2 Å². The number of benzene rings is 2. The summed E-state index contributed by atoms with van der Waals surface area (Å²) in [6, 6.07) is 13.8. The lowest BCUT2D eigenvalue weighted by Gasteiger charge is -2.07. The Balaban J connectivity index is 2.08. The van der Waals surface area contributed by atoms with Crippen molar-refractivity contribution in [3.8, 4) is 17.2 Å². The van der Waals surface area contributed by atoms with E-state index >= 15 is 0 Å². The van der Waals surface area contributed by atoms with Gasteiger partial charge in [-0.15, -0.1) is 0 Å². The fraction of sp³-hybridized carbons (Fsp3) is 0.211. The highest BCUT2D eigenvalue weighted by atomic mass is 16.5. The van der Waals surface area contributed by atoms with E-state index in [9.17, 15) is 9.90 Å². The number of aromatic nitrogens is 3. The number of aromatic amines is 1. The summed E-state index contributed by atoms with van der Waals surface area (Å²) in [6.45, 7) is 2.23. The van der Waals surface area contributed by atoms with Gasteiger partial charge in [-0.1, -0.05) is 22.0 Å². The van der Waals surface area contributed by atoms with Gasteiger partial charge < -0.3 is 14.6 Å². The highest BCUT2D eigenvalue weighted by Gasteiger charge is 2.22. The summed E-state index contributed by atoms with van der Waals surface area (Å²) in [5.41, 5.74) is 0.433. The Morgan fingerprint density at radius 2 is 1.81 bits per heavy atom. The molecule has 0 atom stereocenters. The van der Waals surface area contributed by atoms with Crippen LogP contribution in [0.5, 0.6) is 11.5 Å². The van der Waals surface area contributed by atoms with Crippen molar-refractivity contribution in [2.75, 3.05) is 14.2 Å². The summed E-state index contributed by atoms with van der Waals surface area (Å²) in [6.07, 6.45) is 0. The molecule has 0 spiro atoms. The second kappa shape index (κ2) is 7.77. The molecule has 0 unspecified atom stereocenters.